The first kappa shape index (κ1) is 14.0. The Labute approximate surface area is 118 Å². The summed E-state index contributed by atoms with van der Waals surface area (Å²) in [4.78, 5) is 4.47. The molecule has 1 unspecified atom stereocenters. The van der Waals surface area contributed by atoms with Crippen molar-refractivity contribution in [3.8, 4) is 0 Å². The van der Waals surface area contributed by atoms with Gasteiger partial charge in [0.25, 0.3) is 0 Å². The summed E-state index contributed by atoms with van der Waals surface area (Å²) in [6, 6.07) is 6.01. The predicted octanol–water partition coefficient (Wildman–Crippen LogP) is 1.57. The first-order valence-corrected chi connectivity index (χ1v) is 6.59. The number of nitrogens with two attached hydrogens (primary N) is 1. The molecule has 2 rings (SSSR count). The van der Waals surface area contributed by atoms with Crippen molar-refractivity contribution in [3.05, 3.63) is 28.8 Å². The zero-order chi connectivity index (χ0) is 14.0. The number of benzene rings is 1. The summed E-state index contributed by atoms with van der Waals surface area (Å²) in [5.41, 5.74) is 7.37. The Morgan fingerprint density at radius 2 is 2.26 bits per heavy atom. The van der Waals surface area contributed by atoms with Crippen molar-refractivity contribution < 1.29 is 5.21 Å². The fourth-order valence-electron chi connectivity index (χ4n) is 2.43. The van der Waals surface area contributed by atoms with E-state index in [2.05, 4.69) is 29.1 Å². The van der Waals surface area contributed by atoms with Gasteiger partial charge in [0.15, 0.2) is 5.84 Å². The molecule has 0 saturated carbocycles. The Kier molecular flexibility index (Phi) is 4.17. The molecule has 5 nitrogen and oxygen atoms in total. The number of amidine groups is 1. The second-order valence-electron chi connectivity index (χ2n) is 5.00. The maximum Gasteiger partial charge on any atom is 0.172 e. The minimum Gasteiger partial charge on any atom is -0.409 e. The maximum atomic E-state index is 8.88. The van der Waals surface area contributed by atoms with Crippen LogP contribution in [0.3, 0.4) is 0 Å². The van der Waals surface area contributed by atoms with E-state index in [1.807, 2.05) is 12.1 Å². The van der Waals surface area contributed by atoms with Crippen LogP contribution in [0.15, 0.2) is 23.4 Å². The first-order valence-electron chi connectivity index (χ1n) is 6.21. The van der Waals surface area contributed by atoms with Crippen LogP contribution in [0.4, 0.5) is 5.69 Å². The minimum atomic E-state index is 0.0887. The highest BCUT2D eigenvalue weighted by Gasteiger charge is 2.26. The van der Waals surface area contributed by atoms with E-state index in [9.17, 15) is 0 Å². The highest BCUT2D eigenvalue weighted by molar-refractivity contribution is 6.31. The van der Waals surface area contributed by atoms with Gasteiger partial charge in [-0.3, -0.25) is 0 Å². The van der Waals surface area contributed by atoms with E-state index in [1.165, 1.54) is 0 Å². The highest BCUT2D eigenvalue weighted by Crippen LogP contribution is 2.28. The Morgan fingerprint density at radius 1 is 1.53 bits per heavy atom. The molecule has 1 aromatic rings. The van der Waals surface area contributed by atoms with Crippen molar-refractivity contribution in [3.63, 3.8) is 0 Å². The molecule has 0 amide bonds. The van der Waals surface area contributed by atoms with Gasteiger partial charge < -0.3 is 20.7 Å². The summed E-state index contributed by atoms with van der Waals surface area (Å²) < 4.78 is 0. The lowest BCUT2D eigenvalue weighted by atomic mass is 10.1. The fraction of sp³-hybridized carbons (Fsp3) is 0.462. The van der Waals surface area contributed by atoms with Crippen molar-refractivity contribution in [1.29, 1.82) is 0 Å². The van der Waals surface area contributed by atoms with Crippen LogP contribution < -0.4 is 10.6 Å². The monoisotopic (exact) mass is 282 g/mol. The van der Waals surface area contributed by atoms with Gasteiger partial charge in [0.05, 0.1) is 0 Å². The van der Waals surface area contributed by atoms with Gasteiger partial charge in [-0.1, -0.05) is 16.8 Å². The molecule has 0 aliphatic carbocycles. The van der Waals surface area contributed by atoms with E-state index in [0.717, 1.165) is 25.2 Å². The average molecular weight is 283 g/mol. The van der Waals surface area contributed by atoms with Gasteiger partial charge >= 0.3 is 0 Å². The van der Waals surface area contributed by atoms with Crippen molar-refractivity contribution >= 4 is 23.1 Å². The zero-order valence-corrected chi connectivity index (χ0v) is 11.9. The van der Waals surface area contributed by atoms with E-state index < -0.39 is 0 Å². The average Bonchev–Trinajstić information content (AvgIpc) is 2.87. The zero-order valence-electron chi connectivity index (χ0n) is 11.2. The molecule has 1 aromatic carbocycles. The molecule has 1 aliphatic rings. The molecule has 0 aromatic heterocycles. The Balaban J connectivity index is 2.30. The quantitative estimate of drug-likeness (QED) is 0.382. The summed E-state index contributed by atoms with van der Waals surface area (Å²) in [7, 11) is 4.17. The number of halogens is 1. The topological polar surface area (TPSA) is 65.1 Å². The molecule has 1 aliphatic heterocycles. The van der Waals surface area contributed by atoms with Gasteiger partial charge in [-0.25, -0.2) is 0 Å². The summed E-state index contributed by atoms with van der Waals surface area (Å²) in [5.74, 6) is 0.0887. The normalized spacial score (nSPS) is 20.3. The molecule has 0 spiro atoms. The van der Waals surface area contributed by atoms with E-state index in [-0.39, 0.29) is 5.84 Å². The number of oxime groups is 1. The Hall–Kier alpha value is -1.46. The lowest BCUT2D eigenvalue weighted by Gasteiger charge is -2.23. The minimum absolute atomic E-state index is 0.0887. The van der Waals surface area contributed by atoms with Crippen LogP contribution in [0, 0.1) is 0 Å². The number of likely N-dealkylation sites (N-methyl/N-ethyl adjacent to an activating group) is 1. The second kappa shape index (κ2) is 5.67. The summed E-state index contributed by atoms with van der Waals surface area (Å²) >= 11 is 5.98. The van der Waals surface area contributed by atoms with Crippen LogP contribution in [-0.4, -0.2) is 49.2 Å². The van der Waals surface area contributed by atoms with E-state index >= 15 is 0 Å². The smallest absolute Gasteiger partial charge is 0.172 e. The number of hydrogen-bond donors (Lipinski definition) is 2. The number of rotatable bonds is 3. The lowest BCUT2D eigenvalue weighted by Crippen LogP contribution is -2.32. The summed E-state index contributed by atoms with van der Waals surface area (Å²) in [6.07, 6.45) is 1.10. The van der Waals surface area contributed by atoms with Crippen molar-refractivity contribution in [2.75, 3.05) is 32.1 Å². The van der Waals surface area contributed by atoms with E-state index in [0.29, 0.717) is 16.6 Å². The summed E-state index contributed by atoms with van der Waals surface area (Å²) in [5, 5.41) is 12.5. The number of anilines is 1. The maximum absolute atomic E-state index is 8.88. The molecule has 19 heavy (non-hydrogen) atoms. The van der Waals surface area contributed by atoms with Crippen LogP contribution in [-0.2, 0) is 0 Å². The van der Waals surface area contributed by atoms with Gasteiger partial charge in [0.2, 0.25) is 0 Å². The molecule has 1 saturated heterocycles. The SMILES string of the molecule is CN(C)C1CCN(c2ccc(Cl)cc2C(N)=NO)C1. The first-order chi connectivity index (χ1) is 9.02. The van der Waals surface area contributed by atoms with E-state index in [4.69, 9.17) is 22.5 Å². The third-order valence-corrected chi connectivity index (χ3v) is 3.81. The molecule has 3 N–H and O–H groups in total. The van der Waals surface area contributed by atoms with Crippen LogP contribution in [0.2, 0.25) is 5.02 Å². The molecule has 104 valence electrons. The number of hydrogen-bond acceptors (Lipinski definition) is 4. The van der Waals surface area contributed by atoms with E-state index in [1.54, 1.807) is 6.07 Å². The van der Waals surface area contributed by atoms with Crippen LogP contribution >= 0.6 is 11.6 Å². The van der Waals surface area contributed by atoms with Crippen LogP contribution in [0.1, 0.15) is 12.0 Å². The Bertz CT molecular complexity index is 490. The van der Waals surface area contributed by atoms with Gasteiger partial charge in [0, 0.05) is 35.4 Å². The van der Waals surface area contributed by atoms with Crippen LogP contribution in [0.25, 0.3) is 0 Å². The van der Waals surface area contributed by atoms with Gasteiger partial charge in [-0.15, -0.1) is 0 Å². The lowest BCUT2D eigenvalue weighted by molar-refractivity contribution is 0.315. The third-order valence-electron chi connectivity index (χ3n) is 3.58. The largest absolute Gasteiger partial charge is 0.409 e. The summed E-state index contributed by atoms with van der Waals surface area (Å²) in [6.45, 7) is 1.89. The Morgan fingerprint density at radius 3 is 2.84 bits per heavy atom. The molecule has 6 heteroatoms. The standard InChI is InChI=1S/C13H19ClN4O/c1-17(2)10-5-6-18(8-10)12-4-3-9(14)7-11(12)13(15)16-19/h3-4,7,10,19H,5-6,8H2,1-2H3,(H2,15,16). The van der Waals surface area contributed by atoms with Crippen molar-refractivity contribution in [1.82, 2.24) is 4.90 Å². The van der Waals surface area contributed by atoms with Gasteiger partial charge in [-0.05, 0) is 38.7 Å². The molecular formula is C13H19ClN4O. The fourth-order valence-corrected chi connectivity index (χ4v) is 2.60. The molecule has 1 fully saturated rings. The predicted molar refractivity (Wildman–Crippen MR) is 78.3 cm³/mol. The molecule has 1 heterocycles. The molecule has 0 radical (unpaired) electrons. The molecular weight excluding hydrogens is 264 g/mol. The third kappa shape index (κ3) is 2.93. The van der Waals surface area contributed by atoms with Crippen molar-refractivity contribution in [2.45, 2.75) is 12.5 Å². The second-order valence-corrected chi connectivity index (χ2v) is 5.44. The van der Waals surface area contributed by atoms with Crippen LogP contribution in [0.5, 0.6) is 0 Å². The number of nitrogens with zero attached hydrogens (tertiary/aromatic N) is 3. The molecule has 0 bridgehead atoms. The van der Waals surface area contributed by atoms with Gasteiger partial charge in [-0.2, -0.15) is 0 Å². The van der Waals surface area contributed by atoms with Crippen molar-refractivity contribution in [2.24, 2.45) is 10.9 Å². The molecule has 1 atom stereocenters. The van der Waals surface area contributed by atoms with Gasteiger partial charge in [0.1, 0.15) is 0 Å². The highest BCUT2D eigenvalue weighted by atomic mass is 35.5.